The van der Waals surface area contributed by atoms with E-state index in [0.717, 1.165) is 28.1 Å². The first kappa shape index (κ1) is 27.7. The van der Waals surface area contributed by atoms with Gasteiger partial charge in [0.1, 0.15) is 5.75 Å². The average molecular weight is 560 g/mol. The highest BCUT2D eigenvalue weighted by Crippen LogP contribution is 2.44. The third kappa shape index (κ3) is 5.08. The number of rotatable bonds is 10. The second-order valence-electron chi connectivity index (χ2n) is 9.35. The number of ether oxygens (including phenoxy) is 6. The van der Waals surface area contributed by atoms with Crippen molar-refractivity contribution in [2.45, 2.75) is 12.6 Å². The van der Waals surface area contributed by atoms with Gasteiger partial charge in [-0.3, -0.25) is 4.79 Å². The van der Waals surface area contributed by atoms with E-state index in [2.05, 4.69) is 0 Å². The first-order chi connectivity index (χ1) is 20.0. The molecule has 0 fully saturated rings. The summed E-state index contributed by atoms with van der Waals surface area (Å²) >= 11 is 0. The van der Waals surface area contributed by atoms with Gasteiger partial charge < -0.3 is 33.3 Å². The zero-order chi connectivity index (χ0) is 29.1. The number of ketones is 1. The number of amidine groups is 1. The van der Waals surface area contributed by atoms with E-state index in [1.807, 2.05) is 46.3 Å². The van der Waals surface area contributed by atoms with Crippen molar-refractivity contribution in [2.75, 3.05) is 54.2 Å². The van der Waals surface area contributed by atoms with E-state index >= 15 is 0 Å². The number of hydrogen-bond donors (Lipinski definition) is 0. The Balaban J connectivity index is 1.53. The van der Waals surface area contributed by atoms with Crippen LogP contribution in [0.5, 0.6) is 34.5 Å². The van der Waals surface area contributed by atoms with E-state index in [0.29, 0.717) is 47.5 Å². The van der Waals surface area contributed by atoms with E-state index < -0.39 is 0 Å². The van der Waals surface area contributed by atoms with E-state index in [9.17, 15) is 4.79 Å². The lowest BCUT2D eigenvalue weighted by molar-refractivity contribution is -0.109. The molecule has 0 spiro atoms. The summed E-state index contributed by atoms with van der Waals surface area (Å²) in [5.74, 6) is 3.60. The van der Waals surface area contributed by atoms with Gasteiger partial charge in [0.05, 0.1) is 48.3 Å². The Labute approximate surface area is 239 Å². The van der Waals surface area contributed by atoms with Gasteiger partial charge in [0.25, 0.3) is 0 Å². The van der Waals surface area contributed by atoms with Crippen LogP contribution in [0.25, 0.3) is 6.08 Å². The number of carbonyl (C=O) groups is 1. The topological polar surface area (TPSA) is 91.3 Å². The number of methoxy groups -OCH3 is 6. The van der Waals surface area contributed by atoms with Crippen molar-refractivity contribution in [1.29, 1.82) is 0 Å². The Bertz CT molecular complexity index is 1480. The summed E-state index contributed by atoms with van der Waals surface area (Å²) in [5.41, 5.74) is 3.64. The Morgan fingerprint density at radius 2 is 1.44 bits per heavy atom. The minimum atomic E-state index is -0.347. The molecule has 0 N–H and O–H groups in total. The molecular weight excluding hydrogens is 526 g/mol. The van der Waals surface area contributed by atoms with Gasteiger partial charge in [0.2, 0.25) is 11.5 Å². The minimum Gasteiger partial charge on any atom is -0.497 e. The summed E-state index contributed by atoms with van der Waals surface area (Å²) < 4.78 is 32.8. The third-order valence-corrected chi connectivity index (χ3v) is 7.22. The molecule has 0 saturated heterocycles. The first-order valence-electron chi connectivity index (χ1n) is 13.0. The van der Waals surface area contributed by atoms with Gasteiger partial charge in [-0.25, -0.2) is 5.01 Å². The van der Waals surface area contributed by atoms with Crippen LogP contribution in [-0.2, 0) is 11.2 Å². The average Bonchev–Trinajstić information content (AvgIpc) is 3.42. The fourth-order valence-corrected chi connectivity index (χ4v) is 5.19. The number of carbonyl (C=O) groups excluding carboxylic acids is 1. The highest BCUT2D eigenvalue weighted by atomic mass is 16.5. The molecule has 0 aromatic heterocycles. The van der Waals surface area contributed by atoms with Crippen LogP contribution in [0.1, 0.15) is 22.9 Å². The molecule has 2 aliphatic heterocycles. The molecule has 1 unspecified atom stereocenters. The van der Waals surface area contributed by atoms with E-state index in [-0.39, 0.29) is 11.9 Å². The molecule has 214 valence electrons. The molecule has 10 nitrogen and oxygen atoms in total. The van der Waals surface area contributed by atoms with Crippen molar-refractivity contribution in [1.82, 2.24) is 4.90 Å². The molecule has 10 heteroatoms. The second-order valence-corrected chi connectivity index (χ2v) is 9.35. The van der Waals surface area contributed by atoms with Gasteiger partial charge in [0.15, 0.2) is 35.0 Å². The van der Waals surface area contributed by atoms with Crippen LogP contribution in [0.4, 0.5) is 5.69 Å². The number of hydrogen-bond acceptors (Lipinski definition) is 10. The Morgan fingerprint density at radius 1 is 0.805 bits per heavy atom. The number of anilines is 1. The van der Waals surface area contributed by atoms with Crippen molar-refractivity contribution in [3.63, 3.8) is 0 Å². The minimum absolute atomic E-state index is 0.233. The molecule has 0 aliphatic carbocycles. The molecule has 0 saturated carbocycles. The van der Waals surface area contributed by atoms with Gasteiger partial charge in [-0.2, -0.15) is 0 Å². The Hall–Kier alpha value is -4.86. The van der Waals surface area contributed by atoms with Crippen molar-refractivity contribution in [3.05, 3.63) is 71.3 Å². The zero-order valence-corrected chi connectivity index (χ0v) is 24.0. The molecule has 5 rings (SSSR count). The van der Waals surface area contributed by atoms with Crippen LogP contribution in [0, 0.1) is 0 Å². The van der Waals surface area contributed by atoms with Crippen LogP contribution >= 0.6 is 0 Å². The molecule has 2 heterocycles. The molecule has 0 radical (unpaired) electrons. The number of fused-ring (bicyclic) bond motifs is 3. The summed E-state index contributed by atoms with van der Waals surface area (Å²) in [4.78, 5) is 15.7. The largest absolute Gasteiger partial charge is 0.497 e. The van der Waals surface area contributed by atoms with E-state index in [1.54, 1.807) is 60.9 Å². The van der Waals surface area contributed by atoms with Gasteiger partial charge in [-0.05, 0) is 72.2 Å². The molecule has 3 aromatic carbocycles. The molecule has 2 aliphatic rings. The van der Waals surface area contributed by atoms with Gasteiger partial charge in [0, 0.05) is 12.1 Å². The Kier molecular flexibility index (Phi) is 7.91. The fraction of sp³-hybridized carbons (Fsp3) is 0.290. The molecule has 0 amide bonds. The maximum absolute atomic E-state index is 13.7. The van der Waals surface area contributed by atoms with Gasteiger partial charge >= 0.3 is 0 Å². The van der Waals surface area contributed by atoms with E-state index in [1.165, 1.54) is 6.08 Å². The number of benzene rings is 3. The number of hydrazone groups is 1. The summed E-state index contributed by atoms with van der Waals surface area (Å²) in [6.07, 6.45) is 3.59. The van der Waals surface area contributed by atoms with Crippen molar-refractivity contribution in [2.24, 2.45) is 5.10 Å². The maximum atomic E-state index is 13.7. The predicted octanol–water partition coefficient (Wildman–Crippen LogP) is 4.71. The summed E-state index contributed by atoms with van der Waals surface area (Å²) in [6, 6.07) is 15.1. The molecule has 41 heavy (non-hydrogen) atoms. The van der Waals surface area contributed by atoms with Crippen LogP contribution in [0.3, 0.4) is 0 Å². The molecule has 3 aromatic rings. The quantitative estimate of drug-likeness (QED) is 0.328. The predicted molar refractivity (Wildman–Crippen MR) is 156 cm³/mol. The molecular formula is C31H33N3O7. The molecule has 1 atom stereocenters. The highest BCUT2D eigenvalue weighted by molar-refractivity contribution is 6.44. The van der Waals surface area contributed by atoms with Crippen LogP contribution < -0.4 is 33.4 Å². The standard InChI is InChI=1S/C31H33N3O7/c1-36-22-10-8-21(9-11-22)34-31-23-18-26(38-3)25(37-2)17-20(23)13-14-33(31)30(32-34)24(35)12-7-19-15-27(39-4)29(41-6)28(16-19)40-5/h7-12,15-18,31H,13-14H2,1-6H3/b12-7+. The van der Waals surface area contributed by atoms with Crippen LogP contribution in [0.2, 0.25) is 0 Å². The van der Waals surface area contributed by atoms with Gasteiger partial charge in [-0.1, -0.05) is 6.08 Å². The zero-order valence-electron chi connectivity index (χ0n) is 24.0. The smallest absolute Gasteiger partial charge is 0.222 e. The SMILES string of the molecule is COc1ccc(N2N=C(C(=O)/C=C/c3cc(OC)c(OC)c(OC)c3)N3CCc4cc(OC)c(OC)cc4C32)cc1. The lowest BCUT2D eigenvalue weighted by atomic mass is 9.95. The van der Waals surface area contributed by atoms with Crippen molar-refractivity contribution >= 4 is 23.4 Å². The Morgan fingerprint density at radius 3 is 2.02 bits per heavy atom. The van der Waals surface area contributed by atoms with Crippen molar-refractivity contribution < 1.29 is 33.2 Å². The van der Waals surface area contributed by atoms with Crippen LogP contribution in [-0.4, -0.2) is 65.7 Å². The van der Waals surface area contributed by atoms with E-state index in [4.69, 9.17) is 33.5 Å². The lowest BCUT2D eigenvalue weighted by Gasteiger charge is -2.37. The highest BCUT2D eigenvalue weighted by Gasteiger charge is 2.42. The summed E-state index contributed by atoms with van der Waals surface area (Å²) in [6.45, 7) is 0.600. The maximum Gasteiger partial charge on any atom is 0.222 e. The summed E-state index contributed by atoms with van der Waals surface area (Å²) in [7, 11) is 9.51. The fourth-order valence-electron chi connectivity index (χ4n) is 5.19. The monoisotopic (exact) mass is 559 g/mol. The second kappa shape index (κ2) is 11.7. The van der Waals surface area contributed by atoms with Gasteiger partial charge in [-0.15, -0.1) is 5.10 Å². The summed E-state index contributed by atoms with van der Waals surface area (Å²) in [5, 5.41) is 6.72. The number of nitrogens with zero attached hydrogens (tertiary/aromatic N) is 3. The van der Waals surface area contributed by atoms with Crippen LogP contribution in [0.15, 0.2) is 59.7 Å². The molecule has 0 bridgehead atoms. The first-order valence-corrected chi connectivity index (χ1v) is 13.0. The lowest BCUT2D eigenvalue weighted by Crippen LogP contribution is -2.42. The third-order valence-electron chi connectivity index (χ3n) is 7.22. The normalized spacial score (nSPS) is 15.7. The van der Waals surface area contributed by atoms with Crippen molar-refractivity contribution in [3.8, 4) is 34.5 Å².